The van der Waals surface area contributed by atoms with E-state index in [2.05, 4.69) is 10.3 Å². The van der Waals surface area contributed by atoms with Crippen LogP contribution < -0.4 is 5.32 Å². The first-order chi connectivity index (χ1) is 9.11. The predicted octanol–water partition coefficient (Wildman–Crippen LogP) is 2.82. The average molecular weight is 251 g/mol. The molecule has 0 atom stereocenters. The monoisotopic (exact) mass is 251 g/mol. The van der Waals surface area contributed by atoms with Crippen LogP contribution in [0.2, 0.25) is 0 Å². The fourth-order valence-electron chi connectivity index (χ4n) is 1.70. The van der Waals surface area contributed by atoms with E-state index in [1.54, 1.807) is 18.2 Å². The van der Waals surface area contributed by atoms with E-state index in [0.717, 1.165) is 16.8 Å². The Bertz CT molecular complexity index is 671. The molecule has 0 fully saturated rings. The lowest BCUT2D eigenvalue weighted by Crippen LogP contribution is -2.15. The summed E-state index contributed by atoms with van der Waals surface area (Å²) in [7, 11) is 0. The number of carbonyl (C=O) groups excluding carboxylic acids is 1. The van der Waals surface area contributed by atoms with Crippen molar-refractivity contribution in [2.24, 2.45) is 0 Å². The number of rotatable bonds is 2. The van der Waals surface area contributed by atoms with Crippen molar-refractivity contribution in [3.63, 3.8) is 0 Å². The summed E-state index contributed by atoms with van der Waals surface area (Å²) in [4.78, 5) is 16.0. The number of aromatic nitrogens is 1. The SMILES string of the molecule is Cc1cccc(NC(=O)c2cccc(C#N)n2)c1C. The van der Waals surface area contributed by atoms with Gasteiger partial charge in [0.15, 0.2) is 0 Å². The second kappa shape index (κ2) is 5.32. The van der Waals surface area contributed by atoms with Crippen molar-refractivity contribution in [2.75, 3.05) is 5.32 Å². The molecule has 0 aliphatic heterocycles. The van der Waals surface area contributed by atoms with Crippen LogP contribution in [0.15, 0.2) is 36.4 Å². The first kappa shape index (κ1) is 12.8. The van der Waals surface area contributed by atoms with Gasteiger partial charge < -0.3 is 5.32 Å². The highest BCUT2D eigenvalue weighted by Gasteiger charge is 2.10. The molecule has 1 aromatic heterocycles. The van der Waals surface area contributed by atoms with E-state index in [-0.39, 0.29) is 17.3 Å². The molecule has 4 heteroatoms. The molecule has 0 aliphatic carbocycles. The van der Waals surface area contributed by atoms with Crippen molar-refractivity contribution in [2.45, 2.75) is 13.8 Å². The molecule has 0 unspecified atom stereocenters. The summed E-state index contributed by atoms with van der Waals surface area (Å²) < 4.78 is 0. The van der Waals surface area contributed by atoms with E-state index in [4.69, 9.17) is 5.26 Å². The second-order valence-electron chi connectivity index (χ2n) is 4.22. The molecule has 4 nitrogen and oxygen atoms in total. The Morgan fingerprint density at radius 3 is 2.68 bits per heavy atom. The molecule has 0 bridgehead atoms. The van der Waals surface area contributed by atoms with E-state index < -0.39 is 0 Å². The topological polar surface area (TPSA) is 65.8 Å². The first-order valence-electron chi connectivity index (χ1n) is 5.86. The Balaban J connectivity index is 2.26. The summed E-state index contributed by atoms with van der Waals surface area (Å²) in [5, 5.41) is 11.6. The van der Waals surface area contributed by atoms with Crippen LogP contribution in [-0.2, 0) is 0 Å². The van der Waals surface area contributed by atoms with Gasteiger partial charge in [-0.2, -0.15) is 5.26 Å². The first-order valence-corrected chi connectivity index (χ1v) is 5.86. The normalized spacial score (nSPS) is 9.74. The van der Waals surface area contributed by atoms with Crippen LogP contribution in [0.4, 0.5) is 5.69 Å². The highest BCUT2D eigenvalue weighted by molar-refractivity contribution is 6.03. The molecule has 1 amide bonds. The third-order valence-corrected chi connectivity index (χ3v) is 2.95. The van der Waals surface area contributed by atoms with Gasteiger partial charge in [0, 0.05) is 5.69 Å². The molecule has 2 aromatic rings. The molecule has 0 aliphatic rings. The number of anilines is 1. The van der Waals surface area contributed by atoms with E-state index >= 15 is 0 Å². The van der Waals surface area contributed by atoms with Crippen LogP contribution in [0.5, 0.6) is 0 Å². The van der Waals surface area contributed by atoms with Crippen molar-refractivity contribution in [1.29, 1.82) is 5.26 Å². The number of hydrogen-bond donors (Lipinski definition) is 1. The zero-order valence-electron chi connectivity index (χ0n) is 10.8. The molecule has 0 spiro atoms. The van der Waals surface area contributed by atoms with Gasteiger partial charge >= 0.3 is 0 Å². The maximum atomic E-state index is 12.1. The lowest BCUT2D eigenvalue weighted by Gasteiger charge is -2.09. The summed E-state index contributed by atoms with van der Waals surface area (Å²) in [5.41, 5.74) is 3.35. The summed E-state index contributed by atoms with van der Waals surface area (Å²) in [6.07, 6.45) is 0. The third-order valence-electron chi connectivity index (χ3n) is 2.95. The van der Waals surface area contributed by atoms with Crippen LogP contribution in [0.1, 0.15) is 27.3 Å². The van der Waals surface area contributed by atoms with Gasteiger partial charge in [0.2, 0.25) is 0 Å². The summed E-state index contributed by atoms with van der Waals surface area (Å²) in [6.45, 7) is 3.93. The largest absolute Gasteiger partial charge is 0.320 e. The van der Waals surface area contributed by atoms with Gasteiger partial charge in [-0.05, 0) is 43.2 Å². The number of aryl methyl sites for hydroxylation is 1. The number of hydrogen-bond acceptors (Lipinski definition) is 3. The highest BCUT2D eigenvalue weighted by Crippen LogP contribution is 2.18. The van der Waals surface area contributed by atoms with E-state index in [1.165, 1.54) is 0 Å². The minimum atomic E-state index is -0.314. The van der Waals surface area contributed by atoms with Gasteiger partial charge in [0.25, 0.3) is 5.91 Å². The maximum Gasteiger partial charge on any atom is 0.274 e. The minimum Gasteiger partial charge on any atom is -0.320 e. The number of carbonyl (C=O) groups is 1. The standard InChI is InChI=1S/C15H13N3O/c1-10-5-3-7-13(11(10)2)18-15(19)14-8-4-6-12(9-16)17-14/h3-8H,1-2H3,(H,18,19). The van der Waals surface area contributed by atoms with Crippen LogP contribution in [0.3, 0.4) is 0 Å². The Labute approximate surface area is 111 Å². The van der Waals surface area contributed by atoms with Crippen molar-refractivity contribution in [3.05, 3.63) is 58.9 Å². The number of pyridine rings is 1. The molecular formula is C15H13N3O. The van der Waals surface area contributed by atoms with Gasteiger partial charge in [-0.15, -0.1) is 0 Å². The zero-order chi connectivity index (χ0) is 13.8. The molecule has 1 aromatic carbocycles. The van der Waals surface area contributed by atoms with Crippen LogP contribution in [-0.4, -0.2) is 10.9 Å². The van der Waals surface area contributed by atoms with Crippen molar-refractivity contribution in [3.8, 4) is 6.07 Å². The zero-order valence-corrected chi connectivity index (χ0v) is 10.8. The smallest absolute Gasteiger partial charge is 0.274 e. The van der Waals surface area contributed by atoms with Crippen LogP contribution in [0, 0.1) is 25.2 Å². The van der Waals surface area contributed by atoms with E-state index in [9.17, 15) is 4.79 Å². The van der Waals surface area contributed by atoms with Gasteiger partial charge in [0.05, 0.1) is 0 Å². The number of nitriles is 1. The van der Waals surface area contributed by atoms with Crippen molar-refractivity contribution >= 4 is 11.6 Å². The summed E-state index contributed by atoms with van der Waals surface area (Å²) >= 11 is 0. The highest BCUT2D eigenvalue weighted by atomic mass is 16.1. The van der Waals surface area contributed by atoms with Crippen molar-refractivity contribution in [1.82, 2.24) is 4.98 Å². The fraction of sp³-hybridized carbons (Fsp3) is 0.133. The van der Waals surface area contributed by atoms with Crippen LogP contribution >= 0.6 is 0 Å². The minimum absolute atomic E-state index is 0.230. The second-order valence-corrected chi connectivity index (χ2v) is 4.22. The molecule has 0 saturated carbocycles. The predicted molar refractivity (Wildman–Crippen MR) is 72.8 cm³/mol. The quantitative estimate of drug-likeness (QED) is 0.892. The number of nitrogens with one attached hydrogen (secondary N) is 1. The lowest BCUT2D eigenvalue weighted by atomic mass is 10.1. The molecule has 0 radical (unpaired) electrons. The number of amides is 1. The van der Waals surface area contributed by atoms with E-state index in [1.807, 2.05) is 38.1 Å². The van der Waals surface area contributed by atoms with Crippen LogP contribution in [0.25, 0.3) is 0 Å². The molecule has 1 N–H and O–H groups in total. The van der Waals surface area contributed by atoms with Gasteiger partial charge in [-0.1, -0.05) is 18.2 Å². The Morgan fingerprint density at radius 2 is 1.95 bits per heavy atom. The third kappa shape index (κ3) is 2.78. The molecular weight excluding hydrogens is 238 g/mol. The molecule has 2 rings (SSSR count). The van der Waals surface area contributed by atoms with Gasteiger partial charge in [-0.3, -0.25) is 4.79 Å². The lowest BCUT2D eigenvalue weighted by molar-refractivity contribution is 0.102. The summed E-state index contributed by atoms with van der Waals surface area (Å²) in [6, 6.07) is 12.4. The summed E-state index contributed by atoms with van der Waals surface area (Å²) in [5.74, 6) is -0.314. The molecule has 1 heterocycles. The number of benzene rings is 1. The molecule has 19 heavy (non-hydrogen) atoms. The Hall–Kier alpha value is -2.67. The molecule has 0 saturated heterocycles. The Morgan fingerprint density at radius 1 is 1.21 bits per heavy atom. The van der Waals surface area contributed by atoms with Gasteiger partial charge in [0.1, 0.15) is 17.5 Å². The fourth-order valence-corrected chi connectivity index (χ4v) is 1.70. The van der Waals surface area contributed by atoms with E-state index in [0.29, 0.717) is 0 Å². The number of nitrogens with zero attached hydrogens (tertiary/aromatic N) is 2. The Kier molecular flexibility index (Phi) is 3.58. The van der Waals surface area contributed by atoms with Gasteiger partial charge in [-0.25, -0.2) is 4.98 Å². The molecule has 94 valence electrons. The average Bonchev–Trinajstić information content (AvgIpc) is 2.44. The maximum absolute atomic E-state index is 12.1. The van der Waals surface area contributed by atoms with Crippen molar-refractivity contribution < 1.29 is 4.79 Å².